The molecular formula is C20H16Cl2F4N4O2S. The van der Waals surface area contributed by atoms with Gasteiger partial charge in [-0.2, -0.15) is 13.2 Å². The molecule has 0 bridgehead atoms. The Balaban J connectivity index is 1.55. The second-order valence-corrected chi connectivity index (χ2v) is 8.93. The number of anilines is 1. The molecule has 0 aliphatic carbocycles. The molecule has 33 heavy (non-hydrogen) atoms. The molecule has 176 valence electrons. The summed E-state index contributed by atoms with van der Waals surface area (Å²) in [5, 5.41) is 1.89. The average molecular weight is 523 g/mol. The van der Waals surface area contributed by atoms with Crippen molar-refractivity contribution in [2.45, 2.75) is 24.1 Å². The van der Waals surface area contributed by atoms with E-state index in [-0.39, 0.29) is 36.0 Å². The summed E-state index contributed by atoms with van der Waals surface area (Å²) in [4.78, 5) is 22.4. The Hall–Kier alpha value is -2.21. The molecular weight excluding hydrogens is 507 g/mol. The van der Waals surface area contributed by atoms with Gasteiger partial charge in [0.05, 0.1) is 27.6 Å². The van der Waals surface area contributed by atoms with E-state index in [1.54, 1.807) is 12.1 Å². The highest BCUT2D eigenvalue weighted by molar-refractivity contribution is 7.80. The molecule has 1 aromatic carbocycles. The van der Waals surface area contributed by atoms with Gasteiger partial charge in [0.1, 0.15) is 23.1 Å². The molecule has 6 nitrogen and oxygen atoms in total. The van der Waals surface area contributed by atoms with Crippen molar-refractivity contribution in [3.8, 4) is 0 Å². The third-order valence-electron chi connectivity index (χ3n) is 5.74. The van der Waals surface area contributed by atoms with Crippen molar-refractivity contribution in [2.24, 2.45) is 0 Å². The number of carbonyl (C=O) groups is 1. The lowest BCUT2D eigenvalue weighted by Crippen LogP contribution is -2.45. The van der Waals surface area contributed by atoms with Crippen LogP contribution < -0.4 is 15.7 Å². The summed E-state index contributed by atoms with van der Waals surface area (Å²) < 4.78 is 56.6. The molecule has 0 radical (unpaired) electrons. The molecule has 3 heterocycles. The number of thiocarbonyl (C=S) groups is 1. The lowest BCUT2D eigenvalue weighted by atomic mass is 9.79. The van der Waals surface area contributed by atoms with Crippen molar-refractivity contribution in [1.82, 2.24) is 15.8 Å². The van der Waals surface area contributed by atoms with E-state index in [0.29, 0.717) is 11.4 Å². The molecule has 2 aliphatic heterocycles. The number of benzene rings is 1. The van der Waals surface area contributed by atoms with Crippen molar-refractivity contribution < 1.29 is 27.2 Å². The highest BCUT2D eigenvalue weighted by Gasteiger charge is 2.59. The third kappa shape index (κ3) is 4.46. The molecule has 2 unspecified atom stereocenters. The topological polar surface area (TPSA) is 66.5 Å². The molecule has 4 rings (SSSR count). The molecule has 1 amide bonds. The van der Waals surface area contributed by atoms with Crippen LogP contribution in [0.1, 0.15) is 17.7 Å². The van der Waals surface area contributed by atoms with Crippen LogP contribution in [0, 0.1) is 5.82 Å². The van der Waals surface area contributed by atoms with Gasteiger partial charge in [-0.3, -0.25) is 14.6 Å². The van der Waals surface area contributed by atoms with E-state index in [4.69, 9.17) is 40.3 Å². The number of amides is 1. The summed E-state index contributed by atoms with van der Waals surface area (Å²) in [5.74, 6) is -1.32. The van der Waals surface area contributed by atoms with Gasteiger partial charge in [0, 0.05) is 13.1 Å². The molecule has 2 N–H and O–H groups in total. The first kappa shape index (κ1) is 23.9. The maximum Gasteiger partial charge on any atom is 0.400 e. The van der Waals surface area contributed by atoms with Crippen molar-refractivity contribution in [2.75, 3.05) is 24.6 Å². The minimum atomic E-state index is -4.63. The number of nitrogens with one attached hydrogen (secondary N) is 2. The van der Waals surface area contributed by atoms with E-state index in [1.165, 1.54) is 11.1 Å². The standard InChI is InChI=1S/C20H16Cl2F4N4O2S/c21-12-5-10(6-13(22)16(12)23)19(20(24,25)26)3-4-30(9-19)11-1-2-14(27-7-11)18(33)28-15-8-32-29-17(15)31/h1-2,5-7,15H,3-4,8-9H2,(H,28,33)(H,29,31). The fourth-order valence-corrected chi connectivity index (χ4v) is 4.63. The fourth-order valence-electron chi connectivity index (χ4n) is 3.88. The summed E-state index contributed by atoms with van der Waals surface area (Å²) in [6.07, 6.45) is -3.49. The first-order valence-corrected chi connectivity index (χ1v) is 10.8. The summed E-state index contributed by atoms with van der Waals surface area (Å²) in [7, 11) is 0. The van der Waals surface area contributed by atoms with Gasteiger partial charge in [-0.05, 0) is 36.2 Å². The number of pyridine rings is 1. The van der Waals surface area contributed by atoms with E-state index in [2.05, 4.69) is 15.8 Å². The number of carbonyl (C=O) groups excluding carboxylic acids is 1. The van der Waals surface area contributed by atoms with E-state index in [0.717, 1.165) is 12.1 Å². The smallest absolute Gasteiger partial charge is 0.369 e. The van der Waals surface area contributed by atoms with Gasteiger partial charge in [-0.1, -0.05) is 35.4 Å². The zero-order valence-corrected chi connectivity index (χ0v) is 19.0. The van der Waals surface area contributed by atoms with Crippen molar-refractivity contribution >= 4 is 52.0 Å². The van der Waals surface area contributed by atoms with Gasteiger partial charge in [-0.15, -0.1) is 0 Å². The van der Waals surface area contributed by atoms with Crippen LogP contribution in [0.3, 0.4) is 0 Å². The average Bonchev–Trinajstić information content (AvgIpc) is 3.39. The quantitative estimate of drug-likeness (QED) is 0.360. The summed E-state index contributed by atoms with van der Waals surface area (Å²) >= 11 is 16.8. The predicted octanol–water partition coefficient (Wildman–Crippen LogP) is 3.93. The number of hydrogen-bond donors (Lipinski definition) is 2. The lowest BCUT2D eigenvalue weighted by molar-refractivity contribution is -0.184. The molecule has 0 saturated carbocycles. The van der Waals surface area contributed by atoms with Gasteiger partial charge in [0.2, 0.25) is 0 Å². The molecule has 1 aromatic heterocycles. The maximum absolute atomic E-state index is 14.3. The second-order valence-electron chi connectivity index (χ2n) is 7.71. The molecule has 0 spiro atoms. The van der Waals surface area contributed by atoms with Gasteiger partial charge in [0.15, 0.2) is 5.82 Å². The largest absolute Gasteiger partial charge is 0.400 e. The van der Waals surface area contributed by atoms with Crippen molar-refractivity contribution in [3.05, 3.63) is 57.6 Å². The SMILES string of the molecule is O=C1NOCC1NC(=S)c1ccc(N2CCC(c3cc(Cl)c(F)c(Cl)c3)(C(F)(F)F)C2)cn1. The fraction of sp³-hybridized carbons (Fsp3) is 0.350. The van der Waals surface area contributed by atoms with E-state index < -0.39 is 40.0 Å². The lowest BCUT2D eigenvalue weighted by Gasteiger charge is -2.33. The Morgan fingerprint density at radius 2 is 2.00 bits per heavy atom. The maximum atomic E-state index is 14.3. The van der Waals surface area contributed by atoms with E-state index >= 15 is 0 Å². The van der Waals surface area contributed by atoms with Crippen LogP contribution in [-0.2, 0) is 15.0 Å². The Labute approximate surface area is 201 Å². The van der Waals surface area contributed by atoms with Crippen LogP contribution in [0.2, 0.25) is 10.0 Å². The van der Waals surface area contributed by atoms with Crippen molar-refractivity contribution in [3.63, 3.8) is 0 Å². The highest BCUT2D eigenvalue weighted by Crippen LogP contribution is 2.49. The first-order valence-electron chi connectivity index (χ1n) is 9.67. The van der Waals surface area contributed by atoms with Gasteiger partial charge in [0.25, 0.3) is 5.91 Å². The molecule has 13 heteroatoms. The Morgan fingerprint density at radius 1 is 1.30 bits per heavy atom. The Bertz CT molecular complexity index is 1080. The summed E-state index contributed by atoms with van der Waals surface area (Å²) in [6.45, 7) is -0.241. The van der Waals surface area contributed by atoms with Gasteiger partial charge >= 0.3 is 6.18 Å². The van der Waals surface area contributed by atoms with E-state index in [1.807, 2.05) is 0 Å². The van der Waals surface area contributed by atoms with Crippen LogP contribution in [0.4, 0.5) is 23.2 Å². The van der Waals surface area contributed by atoms with Gasteiger partial charge in [-0.25, -0.2) is 9.87 Å². The number of halogens is 6. The van der Waals surface area contributed by atoms with Crippen LogP contribution in [0.25, 0.3) is 0 Å². The van der Waals surface area contributed by atoms with Crippen LogP contribution in [-0.4, -0.2) is 47.8 Å². The third-order valence-corrected chi connectivity index (χ3v) is 6.62. The number of aromatic nitrogens is 1. The first-order chi connectivity index (χ1) is 15.5. The Morgan fingerprint density at radius 3 is 2.55 bits per heavy atom. The number of hydroxylamine groups is 1. The Kier molecular flexibility index (Phi) is 6.43. The molecule has 2 aliphatic rings. The number of rotatable bonds is 4. The summed E-state index contributed by atoms with van der Waals surface area (Å²) in [5.41, 5.74) is 0.533. The highest BCUT2D eigenvalue weighted by atomic mass is 35.5. The number of nitrogens with zero attached hydrogens (tertiary/aromatic N) is 2. The minimum Gasteiger partial charge on any atom is -0.369 e. The zero-order valence-electron chi connectivity index (χ0n) is 16.7. The predicted molar refractivity (Wildman–Crippen MR) is 118 cm³/mol. The normalized spacial score (nSPS) is 23.0. The van der Waals surface area contributed by atoms with Crippen LogP contribution in [0.5, 0.6) is 0 Å². The van der Waals surface area contributed by atoms with E-state index in [9.17, 15) is 22.4 Å². The van der Waals surface area contributed by atoms with Crippen molar-refractivity contribution in [1.29, 1.82) is 0 Å². The minimum absolute atomic E-state index is 0.0788. The monoisotopic (exact) mass is 522 g/mol. The molecule has 2 fully saturated rings. The van der Waals surface area contributed by atoms with Crippen LogP contribution >= 0.6 is 35.4 Å². The molecule has 2 aromatic rings. The summed E-state index contributed by atoms with van der Waals surface area (Å²) in [6, 6.07) is 4.46. The van der Waals surface area contributed by atoms with Crippen LogP contribution in [0.15, 0.2) is 30.5 Å². The number of hydrogen-bond acceptors (Lipinski definition) is 5. The molecule has 2 saturated heterocycles. The zero-order chi connectivity index (χ0) is 24.0. The number of alkyl halides is 3. The van der Waals surface area contributed by atoms with Gasteiger partial charge < -0.3 is 10.2 Å². The second kappa shape index (κ2) is 8.86. The molecule has 2 atom stereocenters.